The first-order valence-electron chi connectivity index (χ1n) is 7.63. The van der Waals surface area contributed by atoms with Gasteiger partial charge in [-0.05, 0) is 37.6 Å². The first-order valence-corrected chi connectivity index (χ1v) is 8.01. The minimum atomic E-state index is -0.164. The molecule has 0 radical (unpaired) electrons. The van der Waals surface area contributed by atoms with Crippen LogP contribution in [-0.2, 0) is 4.79 Å². The van der Waals surface area contributed by atoms with E-state index < -0.39 is 0 Å². The Bertz CT molecular complexity index is 464. The highest BCUT2D eigenvalue weighted by atomic mass is 35.5. The highest BCUT2D eigenvalue weighted by molar-refractivity contribution is 6.30. The van der Waals surface area contributed by atoms with Crippen molar-refractivity contribution in [3.05, 3.63) is 34.9 Å². The molecule has 1 saturated heterocycles. The largest absolute Gasteiger partial charge is 0.356 e. The predicted octanol–water partition coefficient (Wildman–Crippen LogP) is 2.28. The Balaban J connectivity index is 0.00000242. The maximum absolute atomic E-state index is 12.1. The van der Waals surface area contributed by atoms with Crippen molar-refractivity contribution < 1.29 is 4.79 Å². The molecule has 4 nitrogen and oxygen atoms in total. The van der Waals surface area contributed by atoms with Crippen LogP contribution in [0.3, 0.4) is 0 Å². The third kappa shape index (κ3) is 6.13. The average molecular weight is 346 g/mol. The van der Waals surface area contributed by atoms with Gasteiger partial charge < -0.3 is 15.5 Å². The van der Waals surface area contributed by atoms with Crippen LogP contribution in [0.15, 0.2) is 24.3 Å². The summed E-state index contributed by atoms with van der Waals surface area (Å²) in [6, 6.07) is 7.50. The summed E-state index contributed by atoms with van der Waals surface area (Å²) in [5, 5.41) is 7.03. The molecule has 1 aliphatic rings. The SMILES string of the molecule is CC(C(=O)NCCCN1CCNCC1)c1cccc(Cl)c1.Cl. The fraction of sp³-hybridized carbons (Fsp3) is 0.562. The molecular formula is C16H25Cl2N3O. The number of carbonyl (C=O) groups excluding carboxylic acids is 1. The van der Waals surface area contributed by atoms with Crippen LogP contribution in [0.5, 0.6) is 0 Å². The lowest BCUT2D eigenvalue weighted by Gasteiger charge is -2.27. The molecule has 1 atom stereocenters. The first kappa shape index (κ1) is 19.2. The van der Waals surface area contributed by atoms with Crippen molar-refractivity contribution in [2.75, 3.05) is 39.3 Å². The first-order chi connectivity index (χ1) is 10.2. The summed E-state index contributed by atoms with van der Waals surface area (Å²) in [6.45, 7) is 8.04. The van der Waals surface area contributed by atoms with E-state index in [0.717, 1.165) is 51.3 Å². The monoisotopic (exact) mass is 345 g/mol. The Hall–Kier alpha value is -0.810. The van der Waals surface area contributed by atoms with Crippen molar-refractivity contribution in [1.82, 2.24) is 15.5 Å². The van der Waals surface area contributed by atoms with E-state index in [1.807, 2.05) is 31.2 Å². The smallest absolute Gasteiger partial charge is 0.227 e. The quantitative estimate of drug-likeness (QED) is 0.777. The second-order valence-electron chi connectivity index (χ2n) is 5.51. The molecule has 22 heavy (non-hydrogen) atoms. The molecule has 0 saturated carbocycles. The van der Waals surface area contributed by atoms with Crippen molar-refractivity contribution in [1.29, 1.82) is 0 Å². The number of rotatable bonds is 6. The Morgan fingerprint density at radius 2 is 2.14 bits per heavy atom. The Morgan fingerprint density at radius 1 is 1.41 bits per heavy atom. The number of nitrogens with zero attached hydrogens (tertiary/aromatic N) is 1. The molecule has 1 aromatic carbocycles. The second-order valence-corrected chi connectivity index (χ2v) is 5.95. The number of hydrogen-bond donors (Lipinski definition) is 2. The summed E-state index contributed by atoms with van der Waals surface area (Å²) >= 11 is 5.96. The van der Waals surface area contributed by atoms with E-state index in [2.05, 4.69) is 15.5 Å². The number of halogens is 2. The molecule has 0 aliphatic carbocycles. The molecule has 6 heteroatoms. The summed E-state index contributed by atoms with van der Waals surface area (Å²) in [6.07, 6.45) is 0.994. The summed E-state index contributed by atoms with van der Waals surface area (Å²) < 4.78 is 0. The number of hydrogen-bond acceptors (Lipinski definition) is 3. The minimum Gasteiger partial charge on any atom is -0.356 e. The van der Waals surface area contributed by atoms with Gasteiger partial charge in [0.05, 0.1) is 5.92 Å². The van der Waals surface area contributed by atoms with Crippen molar-refractivity contribution >= 4 is 29.9 Å². The fourth-order valence-corrected chi connectivity index (χ4v) is 2.73. The lowest BCUT2D eigenvalue weighted by atomic mass is 10.0. The van der Waals surface area contributed by atoms with Gasteiger partial charge in [-0.25, -0.2) is 0 Å². The standard InChI is InChI=1S/C16H24ClN3O.ClH/c1-13(14-4-2-5-15(17)12-14)16(21)19-6-3-9-20-10-7-18-8-11-20;/h2,4-5,12-13,18H,3,6-11H2,1H3,(H,19,21);1H. The highest BCUT2D eigenvalue weighted by Gasteiger charge is 2.15. The number of nitrogens with one attached hydrogen (secondary N) is 2. The molecule has 1 amide bonds. The summed E-state index contributed by atoms with van der Waals surface area (Å²) in [7, 11) is 0. The summed E-state index contributed by atoms with van der Waals surface area (Å²) in [4.78, 5) is 14.6. The summed E-state index contributed by atoms with van der Waals surface area (Å²) in [5.74, 6) is -0.0968. The van der Waals surface area contributed by atoms with E-state index in [9.17, 15) is 4.79 Å². The molecule has 2 rings (SSSR count). The van der Waals surface area contributed by atoms with Gasteiger partial charge in [0.1, 0.15) is 0 Å². The molecule has 1 aromatic rings. The van der Waals surface area contributed by atoms with E-state index in [-0.39, 0.29) is 24.2 Å². The molecule has 1 fully saturated rings. The molecule has 0 bridgehead atoms. The van der Waals surface area contributed by atoms with Crippen LogP contribution in [-0.4, -0.2) is 50.1 Å². The van der Waals surface area contributed by atoms with Crippen LogP contribution in [0, 0.1) is 0 Å². The Kier molecular flexibility index (Phi) is 8.79. The zero-order valence-electron chi connectivity index (χ0n) is 13.0. The number of amides is 1. The summed E-state index contributed by atoms with van der Waals surface area (Å²) in [5.41, 5.74) is 0.960. The maximum atomic E-state index is 12.1. The van der Waals surface area contributed by atoms with Crippen LogP contribution in [0.25, 0.3) is 0 Å². The molecule has 124 valence electrons. The van der Waals surface area contributed by atoms with E-state index >= 15 is 0 Å². The molecule has 0 aromatic heterocycles. The topological polar surface area (TPSA) is 44.4 Å². The van der Waals surface area contributed by atoms with E-state index in [1.54, 1.807) is 0 Å². The van der Waals surface area contributed by atoms with Crippen LogP contribution in [0.1, 0.15) is 24.8 Å². The predicted molar refractivity (Wildman–Crippen MR) is 94.1 cm³/mol. The van der Waals surface area contributed by atoms with Gasteiger partial charge in [0.15, 0.2) is 0 Å². The van der Waals surface area contributed by atoms with E-state index in [0.29, 0.717) is 5.02 Å². The lowest BCUT2D eigenvalue weighted by molar-refractivity contribution is -0.122. The lowest BCUT2D eigenvalue weighted by Crippen LogP contribution is -2.44. The van der Waals surface area contributed by atoms with E-state index in [1.165, 1.54) is 0 Å². The van der Waals surface area contributed by atoms with Gasteiger partial charge in [0.2, 0.25) is 5.91 Å². The molecular weight excluding hydrogens is 321 g/mol. The highest BCUT2D eigenvalue weighted by Crippen LogP contribution is 2.19. The van der Waals surface area contributed by atoms with Crippen molar-refractivity contribution in [3.8, 4) is 0 Å². The second kappa shape index (κ2) is 10.1. The molecule has 0 spiro atoms. The van der Waals surface area contributed by atoms with Crippen LogP contribution in [0.2, 0.25) is 5.02 Å². The normalized spacial score (nSPS) is 16.6. The Labute approximate surface area is 144 Å². The van der Waals surface area contributed by atoms with Crippen molar-refractivity contribution in [2.24, 2.45) is 0 Å². The van der Waals surface area contributed by atoms with Gasteiger partial charge >= 0.3 is 0 Å². The fourth-order valence-electron chi connectivity index (χ4n) is 2.53. The van der Waals surface area contributed by atoms with E-state index in [4.69, 9.17) is 11.6 Å². The average Bonchev–Trinajstić information content (AvgIpc) is 2.51. The minimum absolute atomic E-state index is 0. The maximum Gasteiger partial charge on any atom is 0.227 e. The van der Waals surface area contributed by atoms with Gasteiger partial charge in [-0.15, -0.1) is 12.4 Å². The van der Waals surface area contributed by atoms with Crippen molar-refractivity contribution in [2.45, 2.75) is 19.3 Å². The van der Waals surface area contributed by atoms with Gasteiger partial charge in [-0.1, -0.05) is 23.7 Å². The zero-order chi connectivity index (χ0) is 15.1. The third-order valence-corrected chi connectivity index (χ3v) is 4.14. The van der Waals surface area contributed by atoms with Crippen LogP contribution >= 0.6 is 24.0 Å². The van der Waals surface area contributed by atoms with Gasteiger partial charge in [0, 0.05) is 37.7 Å². The van der Waals surface area contributed by atoms with Crippen LogP contribution in [0.4, 0.5) is 0 Å². The van der Waals surface area contributed by atoms with Gasteiger partial charge in [0.25, 0.3) is 0 Å². The molecule has 1 unspecified atom stereocenters. The van der Waals surface area contributed by atoms with Gasteiger partial charge in [-0.3, -0.25) is 4.79 Å². The molecule has 1 aliphatic heterocycles. The molecule has 2 N–H and O–H groups in total. The zero-order valence-corrected chi connectivity index (χ0v) is 14.6. The van der Waals surface area contributed by atoms with Crippen molar-refractivity contribution in [3.63, 3.8) is 0 Å². The third-order valence-electron chi connectivity index (χ3n) is 3.90. The number of carbonyl (C=O) groups is 1. The van der Waals surface area contributed by atoms with Crippen LogP contribution < -0.4 is 10.6 Å². The number of benzene rings is 1. The Morgan fingerprint density at radius 3 is 2.82 bits per heavy atom. The molecule has 1 heterocycles. The number of piperazine rings is 1. The van der Waals surface area contributed by atoms with Gasteiger partial charge in [-0.2, -0.15) is 0 Å².